The molecule has 3 rings (SSSR count). The highest BCUT2D eigenvalue weighted by Gasteiger charge is 2.29. The molecule has 0 spiro atoms. The summed E-state index contributed by atoms with van der Waals surface area (Å²) in [6.07, 6.45) is 2.93. The minimum Gasteiger partial charge on any atom is -0.403 e. The fourth-order valence-corrected chi connectivity index (χ4v) is 5.00. The first-order chi connectivity index (χ1) is 14.9. The maximum atomic E-state index is 13.4. The number of hydrogen-bond donors (Lipinski definition) is 0. The largest absolute Gasteiger partial charge is 0.403 e. The van der Waals surface area contributed by atoms with Crippen molar-refractivity contribution in [3.8, 4) is 5.88 Å². The van der Waals surface area contributed by atoms with Crippen LogP contribution in [0.3, 0.4) is 0 Å². The number of benzene rings is 1. The second-order valence-corrected chi connectivity index (χ2v) is 9.80. The number of rotatable bonds is 6. The minimum absolute atomic E-state index is 0.0398. The Morgan fingerprint density at radius 1 is 1.09 bits per heavy atom. The van der Waals surface area contributed by atoms with Gasteiger partial charge in [-0.15, -0.1) is 0 Å². The van der Waals surface area contributed by atoms with Gasteiger partial charge in [0.05, 0.1) is 21.3 Å². The molecule has 2 aromatic heterocycles. The van der Waals surface area contributed by atoms with Gasteiger partial charge in [0.2, 0.25) is 11.7 Å². The quantitative estimate of drug-likeness (QED) is 0.395. The Kier molecular flexibility index (Phi) is 6.30. The van der Waals surface area contributed by atoms with Crippen LogP contribution in [0, 0.1) is 13.8 Å². The molecule has 11 heteroatoms. The van der Waals surface area contributed by atoms with Crippen LogP contribution in [-0.4, -0.2) is 46.0 Å². The molecule has 0 N–H and O–H groups in total. The lowest BCUT2D eigenvalue weighted by molar-refractivity contribution is 0.0717. The molecular formula is C21H23ClN4O5S. The van der Waals surface area contributed by atoms with Gasteiger partial charge in [-0.05, 0) is 38.0 Å². The fraction of sp³-hybridized carbons (Fsp3) is 0.333. The standard InChI is InChI=1S/C21H23ClN4O5S/c1-7-13-16(32(6,29)30)9-8-14(18(13)22)19(27)17-12(3)24-26(5)20(17)31-21(28)15-10-25(4)23-11(15)2/h8-10H,7H2,1-6H3. The predicted molar refractivity (Wildman–Crippen MR) is 118 cm³/mol. The maximum absolute atomic E-state index is 13.4. The highest BCUT2D eigenvalue weighted by atomic mass is 35.5. The summed E-state index contributed by atoms with van der Waals surface area (Å²) in [6.45, 7) is 5.04. The molecule has 0 aliphatic carbocycles. The molecule has 0 atom stereocenters. The number of aryl methyl sites for hydroxylation is 4. The first-order valence-electron chi connectivity index (χ1n) is 9.68. The van der Waals surface area contributed by atoms with E-state index in [1.54, 1.807) is 34.9 Å². The molecule has 0 aliphatic heterocycles. The lowest BCUT2D eigenvalue weighted by Crippen LogP contribution is -2.15. The summed E-state index contributed by atoms with van der Waals surface area (Å²) in [5.41, 5.74) is 1.60. The highest BCUT2D eigenvalue weighted by molar-refractivity contribution is 7.90. The summed E-state index contributed by atoms with van der Waals surface area (Å²) in [6, 6.07) is 2.73. The molecule has 32 heavy (non-hydrogen) atoms. The number of ether oxygens (including phenoxy) is 1. The highest BCUT2D eigenvalue weighted by Crippen LogP contribution is 2.33. The van der Waals surface area contributed by atoms with Crippen LogP contribution in [0.1, 0.15) is 50.2 Å². The van der Waals surface area contributed by atoms with Crippen LogP contribution in [0.15, 0.2) is 23.2 Å². The zero-order valence-corrected chi connectivity index (χ0v) is 20.1. The van der Waals surface area contributed by atoms with Gasteiger partial charge in [-0.25, -0.2) is 17.9 Å². The first kappa shape index (κ1) is 23.7. The number of carbonyl (C=O) groups is 2. The van der Waals surface area contributed by atoms with Gasteiger partial charge < -0.3 is 4.74 Å². The second-order valence-electron chi connectivity index (χ2n) is 7.44. The molecule has 0 radical (unpaired) electrons. The Bertz CT molecular complexity index is 1350. The lowest BCUT2D eigenvalue weighted by atomic mass is 10.00. The van der Waals surface area contributed by atoms with Crippen LogP contribution < -0.4 is 4.74 Å². The summed E-state index contributed by atoms with van der Waals surface area (Å²) in [5.74, 6) is -1.25. The van der Waals surface area contributed by atoms with Crippen molar-refractivity contribution in [3.05, 3.63) is 57.0 Å². The molecule has 2 heterocycles. The van der Waals surface area contributed by atoms with Gasteiger partial charge in [-0.3, -0.25) is 9.48 Å². The number of halogens is 1. The number of esters is 1. The zero-order chi connectivity index (χ0) is 24.0. The number of sulfone groups is 1. The number of carbonyl (C=O) groups excluding carboxylic acids is 2. The van der Waals surface area contributed by atoms with Crippen LogP contribution in [0.4, 0.5) is 0 Å². The molecular weight excluding hydrogens is 456 g/mol. The molecule has 1 aromatic carbocycles. The average molecular weight is 479 g/mol. The van der Waals surface area contributed by atoms with Crippen LogP contribution in [0.2, 0.25) is 5.02 Å². The number of ketones is 1. The summed E-state index contributed by atoms with van der Waals surface area (Å²) < 4.78 is 32.5. The monoisotopic (exact) mass is 478 g/mol. The molecule has 3 aromatic rings. The Labute approximate surface area is 190 Å². The minimum atomic E-state index is -3.53. The molecule has 0 fully saturated rings. The van der Waals surface area contributed by atoms with Gasteiger partial charge in [0.15, 0.2) is 9.84 Å². The third-order valence-electron chi connectivity index (χ3n) is 5.02. The van der Waals surface area contributed by atoms with Crippen LogP contribution in [0.5, 0.6) is 5.88 Å². The third-order valence-corrected chi connectivity index (χ3v) is 6.63. The molecule has 0 amide bonds. The molecule has 9 nitrogen and oxygen atoms in total. The Morgan fingerprint density at radius 3 is 2.28 bits per heavy atom. The summed E-state index contributed by atoms with van der Waals surface area (Å²) in [4.78, 5) is 26.2. The van der Waals surface area contributed by atoms with E-state index in [1.165, 1.54) is 27.7 Å². The van der Waals surface area contributed by atoms with Crippen molar-refractivity contribution in [3.63, 3.8) is 0 Å². The van der Waals surface area contributed by atoms with Crippen LogP contribution in [-0.2, 0) is 30.4 Å². The van der Waals surface area contributed by atoms with Crippen molar-refractivity contribution in [1.29, 1.82) is 0 Å². The topological polar surface area (TPSA) is 113 Å². The number of aromatic nitrogens is 4. The zero-order valence-electron chi connectivity index (χ0n) is 18.6. The summed E-state index contributed by atoms with van der Waals surface area (Å²) >= 11 is 6.47. The average Bonchev–Trinajstić information content (AvgIpc) is 3.17. The van der Waals surface area contributed by atoms with E-state index in [4.69, 9.17) is 16.3 Å². The van der Waals surface area contributed by atoms with Gasteiger partial charge in [0.25, 0.3) is 0 Å². The van der Waals surface area contributed by atoms with Gasteiger partial charge in [-0.1, -0.05) is 18.5 Å². The van der Waals surface area contributed by atoms with Gasteiger partial charge in [0.1, 0.15) is 11.1 Å². The molecule has 0 saturated heterocycles. The van der Waals surface area contributed by atoms with Crippen molar-refractivity contribution in [1.82, 2.24) is 19.6 Å². The van der Waals surface area contributed by atoms with E-state index >= 15 is 0 Å². The summed E-state index contributed by atoms with van der Waals surface area (Å²) in [7, 11) is -0.295. The third kappa shape index (κ3) is 4.20. The van der Waals surface area contributed by atoms with E-state index in [0.717, 1.165) is 6.26 Å². The van der Waals surface area contributed by atoms with Gasteiger partial charge >= 0.3 is 5.97 Å². The summed E-state index contributed by atoms with van der Waals surface area (Å²) in [5, 5.41) is 8.39. The normalized spacial score (nSPS) is 11.6. The number of hydrogen-bond acceptors (Lipinski definition) is 7. The van der Waals surface area contributed by atoms with E-state index in [9.17, 15) is 18.0 Å². The smallest absolute Gasteiger partial charge is 0.348 e. The van der Waals surface area contributed by atoms with Crippen LogP contribution in [0.25, 0.3) is 0 Å². The van der Waals surface area contributed by atoms with Gasteiger partial charge in [-0.2, -0.15) is 10.2 Å². The Balaban J connectivity index is 2.09. The fourth-order valence-electron chi connectivity index (χ4n) is 3.55. The van der Waals surface area contributed by atoms with Crippen molar-refractivity contribution in [2.24, 2.45) is 14.1 Å². The van der Waals surface area contributed by atoms with E-state index in [-0.39, 0.29) is 32.5 Å². The molecule has 0 unspecified atom stereocenters. The first-order valence-corrected chi connectivity index (χ1v) is 12.0. The molecule has 170 valence electrons. The van der Waals surface area contributed by atoms with Crippen molar-refractivity contribution < 1.29 is 22.7 Å². The SMILES string of the molecule is CCc1c(S(C)(=O)=O)ccc(C(=O)c2c(C)nn(C)c2OC(=O)c2cn(C)nc2C)c1Cl. The van der Waals surface area contributed by atoms with E-state index < -0.39 is 21.6 Å². The second kappa shape index (κ2) is 8.51. The van der Waals surface area contributed by atoms with Crippen molar-refractivity contribution >= 4 is 33.2 Å². The van der Waals surface area contributed by atoms with E-state index in [0.29, 0.717) is 23.4 Å². The van der Waals surface area contributed by atoms with Crippen molar-refractivity contribution in [2.45, 2.75) is 32.1 Å². The predicted octanol–water partition coefficient (Wildman–Crippen LogP) is 2.84. The number of nitrogens with zero attached hydrogens (tertiary/aromatic N) is 4. The lowest BCUT2D eigenvalue weighted by Gasteiger charge is -2.13. The Hall–Kier alpha value is -2.98. The molecule has 0 saturated carbocycles. The van der Waals surface area contributed by atoms with Gasteiger partial charge in [0, 0.05) is 32.1 Å². The Morgan fingerprint density at radius 2 is 1.75 bits per heavy atom. The molecule has 0 bridgehead atoms. The van der Waals surface area contributed by atoms with Crippen LogP contribution >= 0.6 is 11.6 Å². The molecule has 0 aliphatic rings. The maximum Gasteiger partial charge on any atom is 0.348 e. The van der Waals surface area contributed by atoms with Crippen molar-refractivity contribution in [2.75, 3.05) is 6.26 Å². The van der Waals surface area contributed by atoms with E-state index in [1.807, 2.05) is 0 Å². The van der Waals surface area contributed by atoms with E-state index in [2.05, 4.69) is 10.2 Å².